The predicted molar refractivity (Wildman–Crippen MR) is 71.2 cm³/mol. The van der Waals surface area contributed by atoms with Crippen LogP contribution in [0.1, 0.15) is 36.1 Å². The van der Waals surface area contributed by atoms with Gasteiger partial charge in [0.15, 0.2) is 0 Å². The van der Waals surface area contributed by atoms with Crippen molar-refractivity contribution >= 4 is 12.4 Å². The van der Waals surface area contributed by atoms with Crippen LogP contribution in [-0.4, -0.2) is 5.11 Å². The van der Waals surface area contributed by atoms with Gasteiger partial charge in [0.05, 0.1) is 0 Å². The van der Waals surface area contributed by atoms with E-state index < -0.39 is 0 Å². The Hall–Kier alpha value is -0.990. The molecule has 3 N–H and O–H groups in total. The molecule has 90 valence electrons. The van der Waals surface area contributed by atoms with Gasteiger partial charge in [0.25, 0.3) is 0 Å². The third-order valence-electron chi connectivity index (χ3n) is 2.51. The molecule has 0 aromatic heterocycles. The Balaban J connectivity index is 0.00000225. The molecule has 0 spiro atoms. The summed E-state index contributed by atoms with van der Waals surface area (Å²) in [6, 6.07) is 3.85. The molecule has 1 aromatic rings. The van der Waals surface area contributed by atoms with Crippen LogP contribution >= 0.6 is 12.4 Å². The highest BCUT2D eigenvalue weighted by molar-refractivity contribution is 5.85. The smallest absolute Gasteiger partial charge is 0.121 e. The molecule has 0 aliphatic rings. The van der Waals surface area contributed by atoms with Gasteiger partial charge in [-0.25, -0.2) is 0 Å². The summed E-state index contributed by atoms with van der Waals surface area (Å²) in [5.74, 6) is 0.362. The fourth-order valence-electron chi connectivity index (χ4n) is 1.70. The lowest BCUT2D eigenvalue weighted by atomic mass is 9.97. The summed E-state index contributed by atoms with van der Waals surface area (Å²) in [4.78, 5) is 0. The molecule has 1 atom stereocenters. The van der Waals surface area contributed by atoms with Crippen LogP contribution in [0, 0.1) is 13.8 Å². The van der Waals surface area contributed by atoms with E-state index in [4.69, 9.17) is 5.73 Å². The molecule has 0 amide bonds. The van der Waals surface area contributed by atoms with Gasteiger partial charge in [-0.2, -0.15) is 0 Å². The van der Waals surface area contributed by atoms with Gasteiger partial charge in [-0.15, -0.1) is 19.0 Å². The molecule has 0 aliphatic carbocycles. The van der Waals surface area contributed by atoms with E-state index in [1.807, 2.05) is 32.9 Å². The maximum absolute atomic E-state index is 9.64. The van der Waals surface area contributed by atoms with Crippen molar-refractivity contribution < 1.29 is 5.11 Å². The summed E-state index contributed by atoms with van der Waals surface area (Å²) in [6.07, 6.45) is 0.781. The van der Waals surface area contributed by atoms with Crippen LogP contribution in [0.15, 0.2) is 24.3 Å². The van der Waals surface area contributed by atoms with E-state index in [1.165, 1.54) is 0 Å². The average Bonchev–Trinajstić information content (AvgIpc) is 2.12. The van der Waals surface area contributed by atoms with Crippen molar-refractivity contribution in [3.8, 4) is 5.75 Å². The minimum atomic E-state index is -0.0273. The zero-order valence-electron chi connectivity index (χ0n) is 10.1. The molecule has 0 saturated carbocycles. The average molecular weight is 242 g/mol. The zero-order valence-corrected chi connectivity index (χ0v) is 10.9. The van der Waals surface area contributed by atoms with Gasteiger partial charge in [0.1, 0.15) is 5.75 Å². The summed E-state index contributed by atoms with van der Waals surface area (Å²) < 4.78 is 0. The normalized spacial score (nSPS) is 11.8. The Morgan fingerprint density at radius 2 is 1.81 bits per heavy atom. The van der Waals surface area contributed by atoms with Gasteiger partial charge < -0.3 is 10.8 Å². The number of phenolic OH excluding ortho intramolecular Hbond substituents is 1. The maximum Gasteiger partial charge on any atom is 0.121 e. The maximum atomic E-state index is 9.64. The minimum absolute atomic E-state index is 0. The van der Waals surface area contributed by atoms with Crippen LogP contribution in [0.3, 0.4) is 0 Å². The number of aromatic hydroxyl groups is 1. The second kappa shape index (κ2) is 5.92. The van der Waals surface area contributed by atoms with Crippen molar-refractivity contribution in [2.24, 2.45) is 5.73 Å². The highest BCUT2D eigenvalue weighted by Crippen LogP contribution is 2.27. The molecule has 2 nitrogen and oxygen atoms in total. The van der Waals surface area contributed by atoms with Crippen LogP contribution in [0.2, 0.25) is 0 Å². The molecule has 0 aliphatic heterocycles. The molecule has 1 rings (SSSR count). The summed E-state index contributed by atoms with van der Waals surface area (Å²) in [6.45, 7) is 9.60. The lowest BCUT2D eigenvalue weighted by molar-refractivity contribution is 0.466. The molecule has 0 heterocycles. The topological polar surface area (TPSA) is 46.2 Å². The van der Waals surface area contributed by atoms with Crippen LogP contribution in [0.25, 0.3) is 0 Å². The Labute approximate surface area is 104 Å². The monoisotopic (exact) mass is 241 g/mol. The van der Waals surface area contributed by atoms with E-state index in [0.717, 1.165) is 28.7 Å². The minimum Gasteiger partial charge on any atom is -0.507 e. The van der Waals surface area contributed by atoms with Gasteiger partial charge in [0, 0.05) is 6.04 Å². The number of halogens is 1. The SMILES string of the molecule is C=C(C)C[C@H](N)c1cc(C)c(O)c(C)c1.Cl. The second-order valence-electron chi connectivity index (χ2n) is 4.27. The van der Waals surface area contributed by atoms with E-state index in [0.29, 0.717) is 5.75 Å². The van der Waals surface area contributed by atoms with E-state index in [2.05, 4.69) is 6.58 Å². The number of aryl methyl sites for hydroxylation is 2. The summed E-state index contributed by atoms with van der Waals surface area (Å²) in [5, 5.41) is 9.64. The predicted octanol–water partition coefficient (Wildman–Crippen LogP) is 3.40. The van der Waals surface area contributed by atoms with Gasteiger partial charge in [-0.1, -0.05) is 17.7 Å². The Morgan fingerprint density at radius 3 is 2.19 bits per heavy atom. The van der Waals surface area contributed by atoms with Gasteiger partial charge >= 0.3 is 0 Å². The van der Waals surface area contributed by atoms with Crippen molar-refractivity contribution in [2.75, 3.05) is 0 Å². The fraction of sp³-hybridized carbons (Fsp3) is 0.385. The van der Waals surface area contributed by atoms with Crippen molar-refractivity contribution in [1.82, 2.24) is 0 Å². The molecule has 0 unspecified atom stereocenters. The van der Waals surface area contributed by atoms with E-state index >= 15 is 0 Å². The Kier molecular flexibility index (Phi) is 5.56. The third kappa shape index (κ3) is 3.54. The van der Waals surface area contributed by atoms with Crippen molar-refractivity contribution in [3.05, 3.63) is 41.0 Å². The van der Waals surface area contributed by atoms with Crippen molar-refractivity contribution in [2.45, 2.75) is 33.2 Å². The first-order valence-corrected chi connectivity index (χ1v) is 5.12. The third-order valence-corrected chi connectivity index (χ3v) is 2.51. The molecule has 0 fully saturated rings. The van der Waals surface area contributed by atoms with Crippen molar-refractivity contribution in [1.29, 1.82) is 0 Å². The number of rotatable bonds is 3. The van der Waals surface area contributed by atoms with Crippen LogP contribution in [0.4, 0.5) is 0 Å². The quantitative estimate of drug-likeness (QED) is 0.797. The molecule has 0 radical (unpaired) electrons. The second-order valence-corrected chi connectivity index (χ2v) is 4.27. The first kappa shape index (κ1) is 15.0. The standard InChI is InChI=1S/C13H19NO.ClH/c1-8(2)5-12(14)11-6-9(3)13(15)10(4)7-11;/h6-7,12,15H,1,5,14H2,2-4H3;1H/t12-;/m0./s1. The van der Waals surface area contributed by atoms with E-state index in [-0.39, 0.29) is 18.4 Å². The van der Waals surface area contributed by atoms with Crippen LogP contribution < -0.4 is 5.73 Å². The molecular weight excluding hydrogens is 222 g/mol. The lowest BCUT2D eigenvalue weighted by Gasteiger charge is -2.14. The first-order valence-electron chi connectivity index (χ1n) is 5.12. The number of benzene rings is 1. The molecule has 1 aromatic carbocycles. The van der Waals surface area contributed by atoms with E-state index in [1.54, 1.807) is 0 Å². The van der Waals surface area contributed by atoms with Gasteiger partial charge in [-0.05, 0) is 43.9 Å². The van der Waals surface area contributed by atoms with Crippen LogP contribution in [0.5, 0.6) is 5.75 Å². The number of nitrogens with two attached hydrogens (primary N) is 1. The van der Waals surface area contributed by atoms with Gasteiger partial charge in [-0.3, -0.25) is 0 Å². The first-order chi connectivity index (χ1) is 6.91. The number of phenols is 1. The molecule has 0 bridgehead atoms. The molecule has 3 heteroatoms. The summed E-state index contributed by atoms with van der Waals surface area (Å²) >= 11 is 0. The highest BCUT2D eigenvalue weighted by atomic mass is 35.5. The molecule has 16 heavy (non-hydrogen) atoms. The molecular formula is C13H20ClNO. The number of hydrogen-bond donors (Lipinski definition) is 2. The molecule has 0 saturated heterocycles. The summed E-state index contributed by atoms with van der Waals surface area (Å²) in [7, 11) is 0. The zero-order chi connectivity index (χ0) is 11.6. The summed E-state index contributed by atoms with van der Waals surface area (Å²) in [5.41, 5.74) is 9.93. The number of hydrogen-bond acceptors (Lipinski definition) is 2. The largest absolute Gasteiger partial charge is 0.507 e. The highest BCUT2D eigenvalue weighted by Gasteiger charge is 2.09. The Morgan fingerprint density at radius 1 is 1.38 bits per heavy atom. The van der Waals surface area contributed by atoms with Crippen LogP contribution in [-0.2, 0) is 0 Å². The van der Waals surface area contributed by atoms with Gasteiger partial charge in [0.2, 0.25) is 0 Å². The van der Waals surface area contributed by atoms with E-state index in [9.17, 15) is 5.11 Å². The Bertz CT molecular complexity index is 365. The fourth-order valence-corrected chi connectivity index (χ4v) is 1.70. The lowest BCUT2D eigenvalue weighted by Crippen LogP contribution is -2.10. The van der Waals surface area contributed by atoms with Crippen molar-refractivity contribution in [3.63, 3.8) is 0 Å².